The smallest absolute Gasteiger partial charge is 0.290 e. The number of anilines is 1. The molecule has 0 fully saturated rings. The fourth-order valence-electron chi connectivity index (χ4n) is 1.72. The van der Waals surface area contributed by atoms with E-state index in [2.05, 4.69) is 5.32 Å². The molecule has 0 aliphatic rings. The Morgan fingerprint density at radius 1 is 1.15 bits per heavy atom. The fraction of sp³-hybridized carbons (Fsp3) is 0.133. The van der Waals surface area contributed by atoms with E-state index in [0.29, 0.717) is 16.3 Å². The molecule has 5 heteroatoms. The summed E-state index contributed by atoms with van der Waals surface area (Å²) in [4.78, 5) is 0. The van der Waals surface area contributed by atoms with Gasteiger partial charge in [0.1, 0.15) is 0 Å². The van der Waals surface area contributed by atoms with E-state index in [-0.39, 0.29) is 5.56 Å². The van der Waals surface area contributed by atoms with Crippen molar-refractivity contribution in [1.29, 1.82) is 5.26 Å². The van der Waals surface area contributed by atoms with Gasteiger partial charge in [-0.15, -0.1) is 0 Å². The van der Waals surface area contributed by atoms with Crippen molar-refractivity contribution in [3.8, 4) is 6.07 Å². The van der Waals surface area contributed by atoms with Crippen molar-refractivity contribution in [2.24, 2.45) is 0 Å². The molecule has 0 radical (unpaired) electrons. The number of benzene rings is 2. The van der Waals surface area contributed by atoms with Crippen molar-refractivity contribution in [3.63, 3.8) is 0 Å². The van der Waals surface area contributed by atoms with E-state index in [4.69, 9.17) is 16.9 Å². The van der Waals surface area contributed by atoms with Gasteiger partial charge < -0.3 is 5.32 Å². The Bertz CT molecular complexity index is 636. The number of halogens is 3. The molecule has 2 aromatic carbocycles. The molecule has 1 N–H and O–H groups in total. The van der Waals surface area contributed by atoms with Crippen molar-refractivity contribution < 1.29 is 8.78 Å². The second-order valence-corrected chi connectivity index (χ2v) is 4.64. The molecule has 0 aliphatic carbocycles. The Kier molecular flexibility index (Phi) is 4.21. The van der Waals surface area contributed by atoms with Crippen molar-refractivity contribution in [3.05, 3.63) is 64.7 Å². The minimum absolute atomic E-state index is 0.0694. The maximum absolute atomic E-state index is 14.0. The van der Waals surface area contributed by atoms with E-state index in [1.54, 1.807) is 18.2 Å². The normalized spacial score (nSPS) is 10.9. The largest absolute Gasteiger partial charge is 0.377 e. The van der Waals surface area contributed by atoms with E-state index >= 15 is 0 Å². The minimum atomic E-state index is -3.02. The van der Waals surface area contributed by atoms with Crippen molar-refractivity contribution >= 4 is 17.3 Å². The first-order valence-electron chi connectivity index (χ1n) is 5.90. The average Bonchev–Trinajstić information content (AvgIpc) is 2.47. The van der Waals surface area contributed by atoms with E-state index in [1.165, 1.54) is 30.3 Å². The van der Waals surface area contributed by atoms with Crippen LogP contribution in [0, 0.1) is 11.3 Å². The third kappa shape index (κ3) is 3.25. The van der Waals surface area contributed by atoms with Gasteiger partial charge in [-0.2, -0.15) is 14.0 Å². The van der Waals surface area contributed by atoms with Crippen LogP contribution in [0.1, 0.15) is 11.1 Å². The monoisotopic (exact) mass is 292 g/mol. The van der Waals surface area contributed by atoms with Crippen molar-refractivity contribution in [1.82, 2.24) is 0 Å². The average molecular weight is 293 g/mol. The third-order valence-electron chi connectivity index (χ3n) is 2.79. The minimum Gasteiger partial charge on any atom is -0.377 e. The number of nitrogens with one attached hydrogen (secondary N) is 1. The first-order chi connectivity index (χ1) is 9.53. The number of nitriles is 1. The number of hydrogen-bond donors (Lipinski definition) is 1. The highest BCUT2D eigenvalue weighted by Gasteiger charge is 2.31. The molecular weight excluding hydrogens is 282 g/mol. The maximum Gasteiger partial charge on any atom is 0.290 e. The van der Waals surface area contributed by atoms with Gasteiger partial charge in [0.05, 0.1) is 28.9 Å². The maximum atomic E-state index is 14.0. The number of alkyl halides is 2. The molecule has 0 aliphatic heterocycles. The molecule has 0 atom stereocenters. The first-order valence-corrected chi connectivity index (χ1v) is 6.27. The summed E-state index contributed by atoms with van der Waals surface area (Å²) in [6, 6.07) is 14.0. The molecule has 0 saturated heterocycles. The Balaban J connectivity index is 2.14. The summed E-state index contributed by atoms with van der Waals surface area (Å²) in [5, 5.41) is 11.7. The van der Waals surface area contributed by atoms with Gasteiger partial charge in [0.25, 0.3) is 5.92 Å². The molecule has 2 nitrogen and oxygen atoms in total. The van der Waals surface area contributed by atoms with Gasteiger partial charge in [-0.05, 0) is 18.2 Å². The molecule has 2 rings (SSSR count). The highest BCUT2D eigenvalue weighted by atomic mass is 35.5. The van der Waals surface area contributed by atoms with Gasteiger partial charge in [0, 0.05) is 5.56 Å². The number of nitrogens with zero attached hydrogens (tertiary/aromatic N) is 1. The molecule has 0 unspecified atom stereocenters. The summed E-state index contributed by atoms with van der Waals surface area (Å²) < 4.78 is 28.0. The highest BCUT2D eigenvalue weighted by molar-refractivity contribution is 6.33. The van der Waals surface area contributed by atoms with E-state index in [9.17, 15) is 8.78 Å². The number of rotatable bonds is 4. The lowest BCUT2D eigenvalue weighted by molar-refractivity contribution is 0.0106. The van der Waals surface area contributed by atoms with Crippen LogP contribution in [0.5, 0.6) is 0 Å². The zero-order valence-corrected chi connectivity index (χ0v) is 11.2. The van der Waals surface area contributed by atoms with Crippen LogP contribution < -0.4 is 5.32 Å². The van der Waals surface area contributed by atoms with Crippen molar-refractivity contribution in [2.45, 2.75) is 5.92 Å². The van der Waals surface area contributed by atoms with Gasteiger partial charge in [0.15, 0.2) is 0 Å². The molecule has 0 saturated carbocycles. The van der Waals surface area contributed by atoms with Crippen LogP contribution in [0.25, 0.3) is 0 Å². The Labute approximate surface area is 120 Å². The zero-order chi connectivity index (χ0) is 14.6. The Morgan fingerprint density at radius 2 is 1.85 bits per heavy atom. The van der Waals surface area contributed by atoms with Gasteiger partial charge in [-0.25, -0.2) is 0 Å². The van der Waals surface area contributed by atoms with Crippen LogP contribution in [0.2, 0.25) is 5.02 Å². The molecule has 0 bridgehead atoms. The molecular formula is C15H11ClF2N2. The molecule has 20 heavy (non-hydrogen) atoms. The second-order valence-electron chi connectivity index (χ2n) is 4.23. The van der Waals surface area contributed by atoms with Crippen LogP contribution >= 0.6 is 11.6 Å². The Morgan fingerprint density at radius 3 is 2.50 bits per heavy atom. The van der Waals surface area contributed by atoms with E-state index in [0.717, 1.165) is 0 Å². The Hall–Kier alpha value is -2.12. The molecule has 0 heterocycles. The molecule has 0 spiro atoms. The van der Waals surface area contributed by atoms with Crippen LogP contribution in [0.3, 0.4) is 0 Å². The van der Waals surface area contributed by atoms with Gasteiger partial charge >= 0.3 is 0 Å². The van der Waals surface area contributed by atoms with E-state index in [1.807, 2.05) is 6.07 Å². The van der Waals surface area contributed by atoms with Crippen LogP contribution in [0.4, 0.5) is 14.5 Å². The summed E-state index contributed by atoms with van der Waals surface area (Å²) in [6.45, 7) is -0.592. The van der Waals surface area contributed by atoms with Crippen molar-refractivity contribution in [2.75, 3.05) is 11.9 Å². The van der Waals surface area contributed by atoms with Crippen LogP contribution in [-0.2, 0) is 5.92 Å². The predicted molar refractivity (Wildman–Crippen MR) is 75.0 cm³/mol. The highest BCUT2D eigenvalue weighted by Crippen LogP contribution is 2.30. The summed E-state index contributed by atoms with van der Waals surface area (Å²) in [6.07, 6.45) is 0. The SMILES string of the molecule is N#Cc1ccc(Cl)c(NCC(F)(F)c2ccccc2)c1. The lowest BCUT2D eigenvalue weighted by Crippen LogP contribution is -2.24. The summed E-state index contributed by atoms with van der Waals surface area (Å²) in [5.74, 6) is -3.02. The number of hydrogen-bond acceptors (Lipinski definition) is 2. The van der Waals surface area contributed by atoms with Gasteiger partial charge in [-0.1, -0.05) is 41.9 Å². The summed E-state index contributed by atoms with van der Waals surface area (Å²) >= 11 is 5.91. The summed E-state index contributed by atoms with van der Waals surface area (Å²) in [5.41, 5.74) is 0.612. The predicted octanol–water partition coefficient (Wildman–Crippen LogP) is 4.42. The van der Waals surface area contributed by atoms with Gasteiger partial charge in [-0.3, -0.25) is 0 Å². The van der Waals surface area contributed by atoms with E-state index < -0.39 is 12.5 Å². The molecule has 2 aromatic rings. The summed E-state index contributed by atoms with van der Waals surface area (Å²) in [7, 11) is 0. The lowest BCUT2D eigenvalue weighted by Gasteiger charge is -2.18. The molecule has 102 valence electrons. The van der Waals surface area contributed by atoms with Crippen LogP contribution in [0.15, 0.2) is 48.5 Å². The second kappa shape index (κ2) is 5.89. The lowest BCUT2D eigenvalue weighted by atomic mass is 10.1. The standard InChI is InChI=1S/C15H11ClF2N2/c16-13-7-6-11(9-19)8-14(13)20-10-15(17,18)12-4-2-1-3-5-12/h1-8,20H,10H2. The third-order valence-corrected chi connectivity index (χ3v) is 3.12. The topological polar surface area (TPSA) is 35.8 Å². The molecule has 0 aromatic heterocycles. The van der Waals surface area contributed by atoms with Crippen LogP contribution in [-0.4, -0.2) is 6.54 Å². The van der Waals surface area contributed by atoms with Gasteiger partial charge in [0.2, 0.25) is 0 Å². The fourth-order valence-corrected chi connectivity index (χ4v) is 1.90. The zero-order valence-electron chi connectivity index (χ0n) is 10.4. The first kappa shape index (κ1) is 14.3. The quantitative estimate of drug-likeness (QED) is 0.905. The molecule has 0 amide bonds.